The van der Waals surface area contributed by atoms with Crippen LogP contribution in [0.2, 0.25) is 0 Å². The number of aliphatic hydroxyl groups is 1. The molecule has 2 N–H and O–H groups in total. The highest BCUT2D eigenvalue weighted by Gasteiger charge is 2.31. The number of aliphatic hydroxyl groups excluding tert-OH is 1. The molecule has 0 aliphatic heterocycles. The maximum Gasteiger partial charge on any atom is 0.217 e. The Labute approximate surface area is 104 Å². The van der Waals surface area contributed by atoms with Gasteiger partial charge in [0, 0.05) is 31.6 Å². The Morgan fingerprint density at radius 2 is 2.06 bits per heavy atom. The maximum absolute atomic E-state index is 11.2. The molecule has 4 heteroatoms. The van der Waals surface area contributed by atoms with Crippen LogP contribution in [0.3, 0.4) is 0 Å². The Hall–Kier alpha value is -0.610. The number of amides is 1. The van der Waals surface area contributed by atoms with Crippen molar-refractivity contribution in [2.75, 3.05) is 13.2 Å². The first-order chi connectivity index (χ1) is 8.06. The van der Waals surface area contributed by atoms with Gasteiger partial charge in [-0.2, -0.15) is 0 Å². The van der Waals surface area contributed by atoms with Crippen LogP contribution in [-0.4, -0.2) is 47.2 Å². The molecule has 100 valence electrons. The van der Waals surface area contributed by atoms with Gasteiger partial charge in [0.15, 0.2) is 0 Å². The topological polar surface area (TPSA) is 52.6 Å². The molecule has 1 saturated carbocycles. The monoisotopic (exact) mass is 242 g/mol. The Bertz CT molecular complexity index is 244. The van der Waals surface area contributed by atoms with E-state index in [9.17, 15) is 4.79 Å². The minimum atomic E-state index is 0.0506. The molecular weight excluding hydrogens is 216 g/mol. The van der Waals surface area contributed by atoms with Gasteiger partial charge in [-0.15, -0.1) is 0 Å². The van der Waals surface area contributed by atoms with E-state index in [0.29, 0.717) is 18.6 Å². The Kier molecular flexibility index (Phi) is 5.92. The molecule has 0 unspecified atom stereocenters. The van der Waals surface area contributed by atoms with Crippen LogP contribution in [0, 0.1) is 0 Å². The molecule has 17 heavy (non-hydrogen) atoms. The van der Waals surface area contributed by atoms with E-state index < -0.39 is 0 Å². The summed E-state index contributed by atoms with van der Waals surface area (Å²) in [5.41, 5.74) is 0. The minimum absolute atomic E-state index is 0.0506. The predicted molar refractivity (Wildman–Crippen MR) is 68.8 cm³/mol. The van der Waals surface area contributed by atoms with Crippen LogP contribution in [0.1, 0.15) is 46.5 Å². The van der Waals surface area contributed by atoms with Gasteiger partial charge >= 0.3 is 0 Å². The lowest BCUT2D eigenvalue weighted by Gasteiger charge is -2.42. The van der Waals surface area contributed by atoms with Crippen molar-refractivity contribution in [1.29, 1.82) is 0 Å². The van der Waals surface area contributed by atoms with Gasteiger partial charge in [-0.25, -0.2) is 0 Å². The quantitative estimate of drug-likeness (QED) is 0.760. The van der Waals surface area contributed by atoms with Gasteiger partial charge in [0.25, 0.3) is 0 Å². The Morgan fingerprint density at radius 1 is 1.41 bits per heavy atom. The van der Waals surface area contributed by atoms with Crippen molar-refractivity contribution in [3.8, 4) is 0 Å². The minimum Gasteiger partial charge on any atom is -0.395 e. The van der Waals surface area contributed by atoms with Crippen molar-refractivity contribution in [2.24, 2.45) is 0 Å². The van der Waals surface area contributed by atoms with E-state index in [0.717, 1.165) is 12.8 Å². The van der Waals surface area contributed by atoms with Crippen molar-refractivity contribution < 1.29 is 9.90 Å². The fraction of sp³-hybridized carbons (Fsp3) is 0.923. The van der Waals surface area contributed by atoms with Gasteiger partial charge in [-0.05, 0) is 26.7 Å². The van der Waals surface area contributed by atoms with Gasteiger partial charge in [-0.1, -0.05) is 12.8 Å². The first-order valence-corrected chi connectivity index (χ1v) is 6.70. The van der Waals surface area contributed by atoms with Crippen molar-refractivity contribution in [3.05, 3.63) is 0 Å². The molecule has 0 aromatic carbocycles. The molecule has 1 rings (SSSR count). The third-order valence-corrected chi connectivity index (χ3v) is 3.57. The summed E-state index contributed by atoms with van der Waals surface area (Å²) in [6, 6.07) is 1.02. The summed E-state index contributed by atoms with van der Waals surface area (Å²) in [6.07, 6.45) is 4.57. The maximum atomic E-state index is 11.2. The zero-order chi connectivity index (χ0) is 12.8. The number of rotatable bonds is 5. The number of hydrogen-bond donors (Lipinski definition) is 2. The zero-order valence-electron chi connectivity index (χ0n) is 11.3. The molecule has 0 saturated heterocycles. The number of carbonyl (C=O) groups is 1. The van der Waals surface area contributed by atoms with Gasteiger partial charge in [0.05, 0.1) is 6.61 Å². The lowest BCUT2D eigenvalue weighted by Crippen LogP contribution is -2.55. The third kappa shape index (κ3) is 4.28. The predicted octanol–water partition coefficient (Wildman–Crippen LogP) is 1.14. The molecule has 1 amide bonds. The Balaban J connectivity index is 2.69. The normalized spacial score (nSPS) is 25.3. The van der Waals surface area contributed by atoms with Crippen LogP contribution in [0.4, 0.5) is 0 Å². The van der Waals surface area contributed by atoms with Crippen molar-refractivity contribution in [3.63, 3.8) is 0 Å². The third-order valence-electron chi connectivity index (χ3n) is 3.57. The first kappa shape index (κ1) is 14.5. The lowest BCUT2D eigenvalue weighted by molar-refractivity contribution is -0.120. The number of carbonyl (C=O) groups excluding carboxylic acids is 1. The molecule has 0 spiro atoms. The number of nitrogens with one attached hydrogen (secondary N) is 1. The van der Waals surface area contributed by atoms with Crippen LogP contribution < -0.4 is 5.32 Å². The summed E-state index contributed by atoms with van der Waals surface area (Å²) < 4.78 is 0. The number of hydrogen-bond acceptors (Lipinski definition) is 3. The molecule has 0 aromatic heterocycles. The molecule has 4 nitrogen and oxygen atoms in total. The standard InChI is InChI=1S/C13H26N2O2/c1-10(2)15(8-9-16)13-7-5-4-6-12(13)14-11(3)17/h10,12-13,16H,4-9H2,1-3H3,(H,14,17)/t12-,13-/m0/s1. The molecule has 0 heterocycles. The van der Waals surface area contributed by atoms with Gasteiger partial charge in [-0.3, -0.25) is 9.69 Å². The van der Waals surface area contributed by atoms with E-state index in [4.69, 9.17) is 5.11 Å². The van der Waals surface area contributed by atoms with Crippen LogP contribution in [0.15, 0.2) is 0 Å². The van der Waals surface area contributed by atoms with Gasteiger partial charge in [0.1, 0.15) is 0 Å². The van der Waals surface area contributed by atoms with E-state index >= 15 is 0 Å². The first-order valence-electron chi connectivity index (χ1n) is 6.70. The zero-order valence-corrected chi connectivity index (χ0v) is 11.3. The molecule has 2 atom stereocenters. The van der Waals surface area contributed by atoms with Gasteiger partial charge < -0.3 is 10.4 Å². The van der Waals surface area contributed by atoms with E-state index in [2.05, 4.69) is 24.1 Å². The summed E-state index contributed by atoms with van der Waals surface area (Å²) in [7, 11) is 0. The molecule has 0 aromatic rings. The molecule has 0 bridgehead atoms. The van der Waals surface area contributed by atoms with Gasteiger partial charge in [0.2, 0.25) is 5.91 Å². The molecule has 1 aliphatic carbocycles. The van der Waals surface area contributed by atoms with Crippen molar-refractivity contribution in [1.82, 2.24) is 10.2 Å². The van der Waals surface area contributed by atoms with Crippen LogP contribution in [0.5, 0.6) is 0 Å². The summed E-state index contributed by atoms with van der Waals surface area (Å²) in [5, 5.41) is 12.2. The van der Waals surface area contributed by atoms with Crippen LogP contribution in [-0.2, 0) is 4.79 Å². The van der Waals surface area contributed by atoms with E-state index in [1.807, 2.05) is 0 Å². The van der Waals surface area contributed by atoms with Crippen LogP contribution >= 0.6 is 0 Å². The van der Waals surface area contributed by atoms with E-state index in [1.165, 1.54) is 12.8 Å². The van der Waals surface area contributed by atoms with E-state index in [1.54, 1.807) is 6.92 Å². The SMILES string of the molecule is CC(=O)N[C@H]1CCCC[C@@H]1N(CCO)C(C)C. The number of nitrogens with zero attached hydrogens (tertiary/aromatic N) is 1. The molecule has 1 aliphatic rings. The summed E-state index contributed by atoms with van der Waals surface area (Å²) >= 11 is 0. The van der Waals surface area contributed by atoms with Crippen molar-refractivity contribution in [2.45, 2.75) is 64.6 Å². The summed E-state index contributed by atoms with van der Waals surface area (Å²) in [5.74, 6) is 0.0506. The molecular formula is C13H26N2O2. The summed E-state index contributed by atoms with van der Waals surface area (Å²) in [6.45, 7) is 6.75. The largest absolute Gasteiger partial charge is 0.395 e. The van der Waals surface area contributed by atoms with E-state index in [-0.39, 0.29) is 18.6 Å². The molecule has 1 fully saturated rings. The fourth-order valence-electron chi connectivity index (χ4n) is 2.86. The second kappa shape index (κ2) is 6.97. The highest BCUT2D eigenvalue weighted by Crippen LogP contribution is 2.24. The highest BCUT2D eigenvalue weighted by molar-refractivity contribution is 5.73. The second-order valence-corrected chi connectivity index (χ2v) is 5.21. The average molecular weight is 242 g/mol. The smallest absolute Gasteiger partial charge is 0.217 e. The lowest BCUT2D eigenvalue weighted by atomic mass is 9.88. The summed E-state index contributed by atoms with van der Waals surface area (Å²) in [4.78, 5) is 13.5. The highest BCUT2D eigenvalue weighted by atomic mass is 16.3. The fourth-order valence-corrected chi connectivity index (χ4v) is 2.86. The average Bonchev–Trinajstić information content (AvgIpc) is 2.26. The molecule has 0 radical (unpaired) electrons. The Morgan fingerprint density at radius 3 is 2.59 bits per heavy atom. The second-order valence-electron chi connectivity index (χ2n) is 5.21. The van der Waals surface area contributed by atoms with Crippen LogP contribution in [0.25, 0.3) is 0 Å². The van der Waals surface area contributed by atoms with Crippen molar-refractivity contribution >= 4 is 5.91 Å².